The highest BCUT2D eigenvalue weighted by atomic mass is 19.1. The van der Waals surface area contributed by atoms with Crippen LogP contribution in [-0.4, -0.2) is 20.1 Å². The van der Waals surface area contributed by atoms with Gasteiger partial charge in [0.2, 0.25) is 0 Å². The lowest BCUT2D eigenvalue weighted by molar-refractivity contribution is 0.488. The summed E-state index contributed by atoms with van der Waals surface area (Å²) in [7, 11) is 1.94. The van der Waals surface area contributed by atoms with Gasteiger partial charge in [0.05, 0.1) is 5.69 Å². The van der Waals surface area contributed by atoms with Gasteiger partial charge in [-0.05, 0) is 24.1 Å². The van der Waals surface area contributed by atoms with Crippen molar-refractivity contribution >= 4 is 5.69 Å². The summed E-state index contributed by atoms with van der Waals surface area (Å²) in [6.07, 6.45) is 0. The van der Waals surface area contributed by atoms with Crippen LogP contribution in [0.3, 0.4) is 0 Å². The van der Waals surface area contributed by atoms with Crippen LogP contribution in [0, 0.1) is 11.7 Å². The first-order valence-electron chi connectivity index (χ1n) is 5.34. The van der Waals surface area contributed by atoms with Crippen molar-refractivity contribution in [3.63, 3.8) is 0 Å². The third kappa shape index (κ3) is 1.61. The Kier molecular flexibility index (Phi) is 2.65. The molecule has 0 saturated carbocycles. The summed E-state index contributed by atoms with van der Waals surface area (Å²) < 4.78 is 13.6. The average Bonchev–Trinajstić information content (AvgIpc) is 2.56. The number of para-hydroxylation sites is 1. The van der Waals surface area contributed by atoms with E-state index >= 15 is 0 Å². The predicted molar refractivity (Wildman–Crippen MR) is 60.6 cm³/mol. The van der Waals surface area contributed by atoms with Crippen LogP contribution in [-0.2, 0) is 0 Å². The normalized spacial score (nSPS) is 21.6. The Hall–Kier alpha value is -1.09. The first-order valence-corrected chi connectivity index (χ1v) is 5.34. The molecule has 0 amide bonds. The molecule has 0 fully saturated rings. The summed E-state index contributed by atoms with van der Waals surface area (Å²) >= 11 is 0. The van der Waals surface area contributed by atoms with Gasteiger partial charge in [0, 0.05) is 19.5 Å². The molecule has 1 aliphatic heterocycles. The number of fused-ring (bicyclic) bond motifs is 1. The maximum absolute atomic E-state index is 13.6. The van der Waals surface area contributed by atoms with Gasteiger partial charge in [0.1, 0.15) is 5.82 Å². The van der Waals surface area contributed by atoms with Gasteiger partial charge >= 0.3 is 0 Å². The molecule has 2 N–H and O–H groups in total. The van der Waals surface area contributed by atoms with E-state index in [0.717, 1.165) is 17.8 Å². The molecule has 0 saturated heterocycles. The van der Waals surface area contributed by atoms with E-state index in [1.807, 2.05) is 18.0 Å². The van der Waals surface area contributed by atoms with E-state index in [4.69, 9.17) is 5.73 Å². The smallest absolute Gasteiger partial charge is 0.146 e. The number of halogens is 1. The first kappa shape index (κ1) is 10.4. The molecule has 1 heterocycles. The van der Waals surface area contributed by atoms with Crippen LogP contribution in [0.25, 0.3) is 0 Å². The van der Waals surface area contributed by atoms with Gasteiger partial charge in [-0.15, -0.1) is 0 Å². The SMILES string of the molecule is CC(CN)C1CN(C)c2c(F)cccc21. The van der Waals surface area contributed by atoms with E-state index in [1.54, 1.807) is 6.07 Å². The van der Waals surface area contributed by atoms with Crippen molar-refractivity contribution in [2.24, 2.45) is 11.7 Å². The fraction of sp³-hybridized carbons (Fsp3) is 0.500. The third-order valence-corrected chi connectivity index (χ3v) is 3.33. The molecule has 1 aromatic carbocycles. The summed E-state index contributed by atoms with van der Waals surface area (Å²) in [4.78, 5) is 1.99. The Bertz CT molecular complexity index is 365. The number of nitrogens with zero attached hydrogens (tertiary/aromatic N) is 1. The van der Waals surface area contributed by atoms with E-state index in [-0.39, 0.29) is 5.82 Å². The molecule has 15 heavy (non-hydrogen) atoms. The summed E-state index contributed by atoms with van der Waals surface area (Å²) in [5, 5.41) is 0. The fourth-order valence-corrected chi connectivity index (χ4v) is 2.37. The Morgan fingerprint density at radius 1 is 1.60 bits per heavy atom. The van der Waals surface area contributed by atoms with Gasteiger partial charge in [0.15, 0.2) is 0 Å². The molecule has 0 bridgehead atoms. The van der Waals surface area contributed by atoms with Crippen molar-refractivity contribution in [1.29, 1.82) is 0 Å². The lowest BCUT2D eigenvalue weighted by Gasteiger charge is -2.18. The van der Waals surface area contributed by atoms with E-state index in [9.17, 15) is 4.39 Å². The van der Waals surface area contributed by atoms with Crippen LogP contribution < -0.4 is 10.6 Å². The van der Waals surface area contributed by atoms with Crippen molar-refractivity contribution < 1.29 is 4.39 Å². The Morgan fingerprint density at radius 3 is 3.00 bits per heavy atom. The first-order chi connectivity index (χ1) is 7.15. The molecule has 0 aromatic heterocycles. The molecular weight excluding hydrogens is 191 g/mol. The Morgan fingerprint density at radius 2 is 2.33 bits per heavy atom. The highest BCUT2D eigenvalue weighted by Crippen LogP contribution is 2.40. The highest BCUT2D eigenvalue weighted by molar-refractivity contribution is 5.60. The van der Waals surface area contributed by atoms with Crippen LogP contribution in [0.1, 0.15) is 18.4 Å². The number of anilines is 1. The summed E-state index contributed by atoms with van der Waals surface area (Å²) in [5.41, 5.74) is 7.54. The van der Waals surface area contributed by atoms with Crippen LogP contribution in [0.5, 0.6) is 0 Å². The largest absolute Gasteiger partial charge is 0.371 e. The van der Waals surface area contributed by atoms with Crippen molar-refractivity contribution in [1.82, 2.24) is 0 Å². The summed E-state index contributed by atoms with van der Waals surface area (Å²) in [6.45, 7) is 3.64. The van der Waals surface area contributed by atoms with Gasteiger partial charge in [-0.2, -0.15) is 0 Å². The number of likely N-dealkylation sites (N-methyl/N-ethyl adjacent to an activating group) is 1. The second kappa shape index (κ2) is 3.81. The van der Waals surface area contributed by atoms with Crippen molar-refractivity contribution in [3.8, 4) is 0 Å². The topological polar surface area (TPSA) is 29.3 Å². The van der Waals surface area contributed by atoms with E-state index < -0.39 is 0 Å². The van der Waals surface area contributed by atoms with Gasteiger partial charge in [-0.3, -0.25) is 0 Å². The summed E-state index contributed by atoms with van der Waals surface area (Å²) in [5.74, 6) is 0.642. The van der Waals surface area contributed by atoms with Gasteiger partial charge in [0.25, 0.3) is 0 Å². The molecule has 0 spiro atoms. The van der Waals surface area contributed by atoms with Gasteiger partial charge in [-0.1, -0.05) is 19.1 Å². The number of hydrogen-bond acceptors (Lipinski definition) is 2. The lowest BCUT2D eigenvalue weighted by Crippen LogP contribution is -2.23. The van der Waals surface area contributed by atoms with Crippen LogP contribution in [0.15, 0.2) is 18.2 Å². The van der Waals surface area contributed by atoms with Crippen molar-refractivity contribution in [2.45, 2.75) is 12.8 Å². The second-order valence-electron chi connectivity index (χ2n) is 4.38. The second-order valence-corrected chi connectivity index (χ2v) is 4.38. The number of rotatable bonds is 2. The fourth-order valence-electron chi connectivity index (χ4n) is 2.37. The molecule has 0 radical (unpaired) electrons. The maximum Gasteiger partial charge on any atom is 0.146 e. The lowest BCUT2D eigenvalue weighted by atomic mass is 9.89. The Balaban J connectivity index is 2.42. The zero-order valence-electron chi connectivity index (χ0n) is 9.20. The van der Waals surface area contributed by atoms with Gasteiger partial charge in [-0.25, -0.2) is 4.39 Å². The van der Waals surface area contributed by atoms with E-state index in [1.165, 1.54) is 6.07 Å². The third-order valence-electron chi connectivity index (χ3n) is 3.33. The molecule has 2 unspecified atom stereocenters. The zero-order valence-corrected chi connectivity index (χ0v) is 9.20. The molecule has 1 aliphatic rings. The molecule has 2 nitrogen and oxygen atoms in total. The molecular formula is C12H17FN2. The van der Waals surface area contributed by atoms with Crippen molar-refractivity contribution in [2.75, 3.05) is 25.0 Å². The zero-order chi connectivity index (χ0) is 11.0. The van der Waals surface area contributed by atoms with E-state index in [2.05, 4.69) is 6.92 Å². The van der Waals surface area contributed by atoms with Crippen LogP contribution in [0.2, 0.25) is 0 Å². The molecule has 3 heteroatoms. The van der Waals surface area contributed by atoms with Gasteiger partial charge < -0.3 is 10.6 Å². The quantitative estimate of drug-likeness (QED) is 0.805. The molecule has 2 atom stereocenters. The van der Waals surface area contributed by atoms with Crippen LogP contribution >= 0.6 is 0 Å². The molecule has 2 rings (SSSR count). The minimum absolute atomic E-state index is 0.123. The highest BCUT2D eigenvalue weighted by Gasteiger charge is 2.31. The molecule has 82 valence electrons. The Labute approximate surface area is 89.9 Å². The minimum Gasteiger partial charge on any atom is -0.371 e. The van der Waals surface area contributed by atoms with E-state index in [0.29, 0.717) is 18.4 Å². The average molecular weight is 208 g/mol. The number of nitrogens with two attached hydrogens (primary N) is 1. The number of hydrogen-bond donors (Lipinski definition) is 1. The van der Waals surface area contributed by atoms with Crippen LogP contribution in [0.4, 0.5) is 10.1 Å². The monoisotopic (exact) mass is 208 g/mol. The minimum atomic E-state index is -0.123. The predicted octanol–water partition coefficient (Wildman–Crippen LogP) is 1.95. The maximum atomic E-state index is 13.6. The molecule has 1 aromatic rings. The van der Waals surface area contributed by atoms with Crippen molar-refractivity contribution in [3.05, 3.63) is 29.6 Å². The summed E-state index contributed by atoms with van der Waals surface area (Å²) in [6, 6.07) is 5.31. The number of benzene rings is 1. The molecule has 0 aliphatic carbocycles. The standard InChI is InChI=1S/C12H17FN2/c1-8(6-14)10-7-15(2)12-9(10)4-3-5-11(12)13/h3-5,8,10H,6-7,14H2,1-2H3.